The Hall–Kier alpha value is -1.91. The van der Waals surface area contributed by atoms with E-state index in [9.17, 15) is 20.4 Å². The molecule has 7 nitrogen and oxygen atoms in total. The van der Waals surface area contributed by atoms with E-state index >= 15 is 0 Å². The van der Waals surface area contributed by atoms with Gasteiger partial charge in [-0.25, -0.2) is 0 Å². The number of rotatable bonds is 6. The summed E-state index contributed by atoms with van der Waals surface area (Å²) in [7, 11) is 0. The van der Waals surface area contributed by atoms with Gasteiger partial charge in [0.05, 0.1) is 12.1 Å². The summed E-state index contributed by atoms with van der Waals surface area (Å²) >= 11 is 1.56. The van der Waals surface area contributed by atoms with Gasteiger partial charge >= 0.3 is 0 Å². The molecule has 0 amide bonds. The minimum absolute atomic E-state index is 0.110. The molecule has 0 saturated carbocycles. The number of aliphatic hydroxyl groups is 5. The second kappa shape index (κ2) is 9.07. The second-order valence-corrected chi connectivity index (χ2v) is 8.47. The predicted molar refractivity (Wildman–Crippen MR) is 112 cm³/mol. The molecule has 3 aromatic rings. The summed E-state index contributed by atoms with van der Waals surface area (Å²) in [5, 5.41) is 50.3. The molecular formula is C22H25NO6S. The minimum atomic E-state index is -1.43. The number of aromatic nitrogens is 1. The molecular weight excluding hydrogens is 406 g/mol. The lowest BCUT2D eigenvalue weighted by atomic mass is 9.98. The Labute approximate surface area is 178 Å². The molecule has 2 heterocycles. The molecule has 30 heavy (non-hydrogen) atoms. The number of hydrogen-bond donors (Lipinski definition) is 5. The van der Waals surface area contributed by atoms with Gasteiger partial charge in [-0.15, -0.1) is 0 Å². The van der Waals surface area contributed by atoms with Crippen molar-refractivity contribution in [1.29, 1.82) is 0 Å². The molecule has 0 bridgehead atoms. The van der Waals surface area contributed by atoms with E-state index in [1.807, 2.05) is 54.7 Å². The number of fused-ring (bicyclic) bond motifs is 1. The first-order valence-electron chi connectivity index (χ1n) is 9.81. The number of nitrogens with zero attached hydrogens (tertiary/aromatic N) is 1. The molecule has 1 saturated heterocycles. The van der Waals surface area contributed by atoms with Crippen molar-refractivity contribution in [2.45, 2.75) is 46.9 Å². The molecule has 0 radical (unpaired) electrons. The van der Waals surface area contributed by atoms with Crippen molar-refractivity contribution in [2.75, 3.05) is 13.2 Å². The smallest absolute Gasteiger partial charge is 0.163 e. The van der Waals surface area contributed by atoms with Crippen LogP contribution in [0.15, 0.2) is 64.5 Å². The average Bonchev–Trinajstić information content (AvgIpc) is 3.12. The standard InChI is InChI=1S/C22H25NO6S/c24-10-9-13-5-7-14(8-6-13)30-18-11-23(16-4-2-1-3-15(16)18)22-21(28)20(27)19(26)17(12-25)29-22/h1-8,11,17,19-22,24-28H,9-10,12H2/t17-,19-,20+,21-,22-/m1/s1. The first-order chi connectivity index (χ1) is 14.5. The lowest BCUT2D eigenvalue weighted by Crippen LogP contribution is -2.56. The van der Waals surface area contributed by atoms with Crippen LogP contribution in [0, 0.1) is 0 Å². The SMILES string of the molecule is OCCc1ccc(Sc2cn([C@@H]3O[C@H](CO)[C@@H](O)[C@H](O)[C@H]3O)c3ccccc23)cc1. The quantitative estimate of drug-likeness (QED) is 0.400. The molecule has 0 spiro atoms. The van der Waals surface area contributed by atoms with Crippen LogP contribution in [0.1, 0.15) is 11.8 Å². The lowest BCUT2D eigenvalue weighted by molar-refractivity contribution is -0.250. The Kier molecular flexibility index (Phi) is 6.45. The summed E-state index contributed by atoms with van der Waals surface area (Å²) in [5.74, 6) is 0. The van der Waals surface area contributed by atoms with Gasteiger partial charge in [-0.2, -0.15) is 0 Å². The van der Waals surface area contributed by atoms with Crippen LogP contribution in [0.4, 0.5) is 0 Å². The Bertz CT molecular complexity index is 989. The minimum Gasteiger partial charge on any atom is -0.396 e. The van der Waals surface area contributed by atoms with Gasteiger partial charge in [-0.05, 0) is 30.2 Å². The van der Waals surface area contributed by atoms with E-state index in [4.69, 9.17) is 9.84 Å². The van der Waals surface area contributed by atoms with Crippen molar-refractivity contribution < 1.29 is 30.3 Å². The topological polar surface area (TPSA) is 115 Å². The third-order valence-corrected chi connectivity index (χ3v) is 6.45. The highest BCUT2D eigenvalue weighted by Gasteiger charge is 2.44. The van der Waals surface area contributed by atoms with Crippen LogP contribution in [0.25, 0.3) is 10.9 Å². The van der Waals surface area contributed by atoms with Crippen molar-refractivity contribution >= 4 is 22.7 Å². The number of benzene rings is 2. The van der Waals surface area contributed by atoms with Crippen LogP contribution >= 0.6 is 11.8 Å². The van der Waals surface area contributed by atoms with Gasteiger partial charge in [-0.3, -0.25) is 0 Å². The third kappa shape index (κ3) is 4.00. The highest BCUT2D eigenvalue weighted by Crippen LogP contribution is 2.39. The number of para-hydroxylation sites is 1. The monoisotopic (exact) mass is 431 g/mol. The van der Waals surface area contributed by atoms with E-state index in [1.165, 1.54) is 0 Å². The molecule has 0 unspecified atom stereocenters. The molecule has 8 heteroatoms. The molecule has 160 valence electrons. The highest BCUT2D eigenvalue weighted by molar-refractivity contribution is 7.99. The van der Waals surface area contributed by atoms with Gasteiger partial charge in [0.15, 0.2) is 6.23 Å². The first-order valence-corrected chi connectivity index (χ1v) is 10.6. The van der Waals surface area contributed by atoms with Gasteiger partial charge in [0.1, 0.15) is 24.4 Å². The Morgan fingerprint density at radius 3 is 2.33 bits per heavy atom. The van der Waals surface area contributed by atoms with E-state index in [1.54, 1.807) is 16.3 Å². The van der Waals surface area contributed by atoms with Gasteiger partial charge < -0.3 is 34.8 Å². The molecule has 4 rings (SSSR count). The van der Waals surface area contributed by atoms with Gasteiger partial charge in [-0.1, -0.05) is 42.1 Å². The normalized spacial score (nSPS) is 26.9. The lowest BCUT2D eigenvalue weighted by Gasteiger charge is -2.40. The zero-order chi connectivity index (χ0) is 21.3. The van der Waals surface area contributed by atoms with Gasteiger partial charge in [0.2, 0.25) is 0 Å². The molecule has 5 N–H and O–H groups in total. The summed E-state index contributed by atoms with van der Waals surface area (Å²) in [5.41, 5.74) is 1.87. The predicted octanol–water partition coefficient (Wildman–Crippen LogP) is 1.30. The van der Waals surface area contributed by atoms with Gasteiger partial charge in [0, 0.05) is 28.0 Å². The van der Waals surface area contributed by atoms with Crippen LogP contribution in [0.3, 0.4) is 0 Å². The molecule has 2 aromatic carbocycles. The van der Waals surface area contributed by atoms with Crippen LogP contribution in [-0.4, -0.2) is 67.7 Å². The van der Waals surface area contributed by atoms with E-state index in [-0.39, 0.29) is 6.61 Å². The Morgan fingerprint density at radius 2 is 1.63 bits per heavy atom. The second-order valence-electron chi connectivity index (χ2n) is 7.36. The van der Waals surface area contributed by atoms with E-state index in [2.05, 4.69) is 0 Å². The Balaban J connectivity index is 1.68. The fourth-order valence-corrected chi connectivity index (χ4v) is 4.73. The number of hydrogen-bond acceptors (Lipinski definition) is 7. The van der Waals surface area contributed by atoms with E-state index in [0.29, 0.717) is 6.42 Å². The number of aliphatic hydroxyl groups excluding tert-OH is 5. The highest BCUT2D eigenvalue weighted by atomic mass is 32.2. The molecule has 1 aromatic heterocycles. The molecule has 1 aliphatic rings. The summed E-state index contributed by atoms with van der Waals surface area (Å²) in [6, 6.07) is 15.6. The van der Waals surface area contributed by atoms with Crippen LogP contribution in [0.2, 0.25) is 0 Å². The molecule has 0 aliphatic carbocycles. The fraction of sp³-hybridized carbons (Fsp3) is 0.364. The summed E-state index contributed by atoms with van der Waals surface area (Å²) < 4.78 is 7.49. The summed E-state index contributed by atoms with van der Waals surface area (Å²) in [6.45, 7) is -0.360. The maximum atomic E-state index is 10.5. The van der Waals surface area contributed by atoms with Crippen molar-refractivity contribution in [1.82, 2.24) is 4.57 Å². The van der Waals surface area contributed by atoms with Crippen molar-refractivity contribution in [3.63, 3.8) is 0 Å². The number of ether oxygens (including phenoxy) is 1. The largest absolute Gasteiger partial charge is 0.396 e. The maximum Gasteiger partial charge on any atom is 0.163 e. The van der Waals surface area contributed by atoms with Crippen LogP contribution in [-0.2, 0) is 11.2 Å². The molecule has 1 aliphatic heterocycles. The van der Waals surface area contributed by atoms with E-state index in [0.717, 1.165) is 26.3 Å². The first kappa shape index (κ1) is 21.3. The van der Waals surface area contributed by atoms with Crippen molar-refractivity contribution in [2.24, 2.45) is 0 Å². The van der Waals surface area contributed by atoms with Gasteiger partial charge in [0.25, 0.3) is 0 Å². The van der Waals surface area contributed by atoms with Crippen molar-refractivity contribution in [3.05, 3.63) is 60.3 Å². The third-order valence-electron chi connectivity index (χ3n) is 5.40. The van der Waals surface area contributed by atoms with Crippen LogP contribution in [0.5, 0.6) is 0 Å². The fourth-order valence-electron chi connectivity index (χ4n) is 3.76. The Morgan fingerprint density at radius 1 is 0.900 bits per heavy atom. The zero-order valence-electron chi connectivity index (χ0n) is 16.2. The summed E-state index contributed by atoms with van der Waals surface area (Å²) in [4.78, 5) is 1.96. The average molecular weight is 432 g/mol. The molecule has 1 fully saturated rings. The van der Waals surface area contributed by atoms with Crippen LogP contribution < -0.4 is 0 Å². The maximum absolute atomic E-state index is 10.5. The summed E-state index contributed by atoms with van der Waals surface area (Å²) in [6.07, 6.45) is -3.64. The van der Waals surface area contributed by atoms with Crippen molar-refractivity contribution in [3.8, 4) is 0 Å². The molecule has 5 atom stereocenters. The zero-order valence-corrected chi connectivity index (χ0v) is 17.0. The van der Waals surface area contributed by atoms with E-state index < -0.39 is 37.3 Å².